The summed E-state index contributed by atoms with van der Waals surface area (Å²) in [6.07, 6.45) is 3.11. The Hall–Kier alpha value is -2.94. The summed E-state index contributed by atoms with van der Waals surface area (Å²) < 4.78 is 15.6. The smallest absolute Gasteiger partial charge is 0.346 e. The van der Waals surface area contributed by atoms with Crippen LogP contribution in [-0.2, 0) is 16.9 Å². The Balaban J connectivity index is 1.08. The van der Waals surface area contributed by atoms with Gasteiger partial charge in [0.25, 0.3) is 0 Å². The van der Waals surface area contributed by atoms with E-state index in [9.17, 15) is 14.7 Å². The van der Waals surface area contributed by atoms with E-state index in [1.807, 2.05) is 12.1 Å². The molecule has 0 radical (unpaired) electrons. The number of esters is 2. The maximum atomic E-state index is 12.0. The molecule has 0 unspecified atom stereocenters. The van der Waals surface area contributed by atoms with E-state index in [0.717, 1.165) is 29.7 Å². The fourth-order valence-corrected chi connectivity index (χ4v) is 7.70. The molecular formula is C31H22Cl3NO5S. The fraction of sp³-hybridized carbons (Fsp3) is 0.258. The van der Waals surface area contributed by atoms with E-state index in [1.54, 1.807) is 42.5 Å². The van der Waals surface area contributed by atoms with Crippen molar-refractivity contribution in [2.45, 2.75) is 49.7 Å². The number of nitrogens with zero attached hydrogens (tertiary/aromatic N) is 1. The Bertz CT molecular complexity index is 1720. The molecule has 1 aliphatic heterocycles. The van der Waals surface area contributed by atoms with Crippen molar-refractivity contribution in [1.29, 1.82) is 0 Å². The summed E-state index contributed by atoms with van der Waals surface area (Å²) in [5.74, 6) is -0.194. The number of hydrogen-bond donors (Lipinski definition) is 1. The van der Waals surface area contributed by atoms with Gasteiger partial charge in [-0.2, -0.15) is 4.37 Å². The number of hydrogen-bond acceptors (Lipinski definition) is 7. The zero-order chi connectivity index (χ0) is 28.5. The Labute approximate surface area is 254 Å². The predicted octanol–water partition coefficient (Wildman–Crippen LogP) is 8.30. The first-order chi connectivity index (χ1) is 19.7. The number of aliphatic hydroxyl groups is 1. The summed E-state index contributed by atoms with van der Waals surface area (Å²) in [6, 6.07) is 15.8. The summed E-state index contributed by atoms with van der Waals surface area (Å²) in [6.45, 7) is 0.282. The normalized spacial score (nSPS) is 21.4. The third-order valence-corrected chi connectivity index (χ3v) is 10.1. The molecule has 41 heavy (non-hydrogen) atoms. The van der Waals surface area contributed by atoms with Crippen LogP contribution < -0.4 is 4.74 Å². The van der Waals surface area contributed by atoms with E-state index in [4.69, 9.17) is 43.9 Å². The first kappa shape index (κ1) is 26.9. The number of rotatable bonds is 7. The van der Waals surface area contributed by atoms with Crippen LogP contribution in [-0.4, -0.2) is 21.4 Å². The molecular weight excluding hydrogens is 605 g/mol. The summed E-state index contributed by atoms with van der Waals surface area (Å²) in [4.78, 5) is 24.9. The molecule has 208 valence electrons. The minimum atomic E-state index is -1.11. The molecule has 3 aliphatic rings. The van der Waals surface area contributed by atoms with Crippen molar-refractivity contribution in [3.63, 3.8) is 0 Å². The van der Waals surface area contributed by atoms with Gasteiger partial charge in [0, 0.05) is 21.6 Å². The lowest BCUT2D eigenvalue weighted by molar-refractivity contribution is -0.0549. The van der Waals surface area contributed by atoms with E-state index in [-0.39, 0.29) is 23.7 Å². The van der Waals surface area contributed by atoms with Crippen LogP contribution in [0.2, 0.25) is 15.1 Å². The van der Waals surface area contributed by atoms with Gasteiger partial charge < -0.3 is 14.6 Å². The van der Waals surface area contributed by atoms with Crippen LogP contribution in [0.4, 0.5) is 0 Å². The van der Waals surface area contributed by atoms with Crippen LogP contribution >= 0.6 is 46.3 Å². The van der Waals surface area contributed by atoms with Crippen molar-refractivity contribution < 1.29 is 24.2 Å². The first-order valence-electron chi connectivity index (χ1n) is 13.2. The Kier molecular flexibility index (Phi) is 6.64. The highest BCUT2D eigenvalue weighted by Crippen LogP contribution is 2.53. The van der Waals surface area contributed by atoms with Gasteiger partial charge in [0.2, 0.25) is 0 Å². The summed E-state index contributed by atoms with van der Waals surface area (Å²) >= 11 is 21.2. The molecule has 7 rings (SSSR count). The van der Waals surface area contributed by atoms with Crippen LogP contribution in [0.3, 0.4) is 0 Å². The molecule has 6 nitrogen and oxygen atoms in total. The standard InChI is InChI=1S/C31H22Cl3NO5S/c32-23-2-1-3-24(33)26(23)27-21(28(41-35-27)15-4-5-15)14-39-18-7-9-22(25(34)11-18)31(38)12-17(13-31)16-6-8-19-20(10-16)30(37)40-29(19)36/h1-3,6-11,15,17,38H,4-5,12-14H2. The Morgan fingerprint density at radius 3 is 2.37 bits per heavy atom. The quantitative estimate of drug-likeness (QED) is 0.164. The van der Waals surface area contributed by atoms with Crippen LogP contribution in [0, 0.1) is 0 Å². The SMILES string of the molecule is O=C1OC(=O)c2cc(C3CC(O)(c4ccc(OCc5c(-c6c(Cl)cccc6Cl)nsc5C5CC5)cc4Cl)C3)ccc21. The molecule has 0 atom stereocenters. The molecule has 2 fully saturated rings. The minimum absolute atomic E-state index is 0.0165. The average Bonchev–Trinajstić information content (AvgIpc) is 3.63. The second-order valence-corrected chi connectivity index (χ2v) is 12.8. The van der Waals surface area contributed by atoms with Gasteiger partial charge in [0.15, 0.2) is 0 Å². The molecule has 2 aliphatic carbocycles. The molecule has 2 saturated carbocycles. The number of carbonyl (C=O) groups excluding carboxylic acids is 2. The van der Waals surface area contributed by atoms with E-state index in [2.05, 4.69) is 4.74 Å². The summed E-state index contributed by atoms with van der Waals surface area (Å²) in [7, 11) is 0. The van der Waals surface area contributed by atoms with Crippen LogP contribution in [0.5, 0.6) is 5.75 Å². The number of cyclic esters (lactones) is 2. The number of carbonyl (C=O) groups is 2. The molecule has 4 aromatic rings. The van der Waals surface area contributed by atoms with Crippen molar-refractivity contribution in [3.8, 4) is 17.0 Å². The molecule has 2 heterocycles. The third-order valence-electron chi connectivity index (χ3n) is 8.10. The van der Waals surface area contributed by atoms with Crippen LogP contribution in [0.25, 0.3) is 11.3 Å². The maximum Gasteiger partial charge on any atom is 0.346 e. The fourth-order valence-electron chi connectivity index (χ4n) is 5.73. The van der Waals surface area contributed by atoms with E-state index in [0.29, 0.717) is 50.7 Å². The largest absolute Gasteiger partial charge is 0.489 e. The van der Waals surface area contributed by atoms with Gasteiger partial charge in [-0.1, -0.05) is 53.0 Å². The average molecular weight is 627 g/mol. The predicted molar refractivity (Wildman–Crippen MR) is 157 cm³/mol. The molecule has 1 N–H and O–H groups in total. The molecule has 0 spiro atoms. The molecule has 0 bridgehead atoms. The third kappa shape index (κ3) is 4.74. The van der Waals surface area contributed by atoms with Gasteiger partial charge in [0.1, 0.15) is 12.4 Å². The first-order valence-corrected chi connectivity index (χ1v) is 15.1. The van der Waals surface area contributed by atoms with Crippen molar-refractivity contribution in [2.75, 3.05) is 0 Å². The molecule has 10 heteroatoms. The number of aromatic nitrogens is 1. The highest BCUT2D eigenvalue weighted by Gasteiger charge is 2.46. The van der Waals surface area contributed by atoms with E-state index in [1.165, 1.54) is 16.4 Å². The second-order valence-electron chi connectivity index (χ2n) is 10.8. The highest BCUT2D eigenvalue weighted by atomic mass is 35.5. The minimum Gasteiger partial charge on any atom is -0.489 e. The number of fused-ring (bicyclic) bond motifs is 1. The molecule has 0 amide bonds. The van der Waals surface area contributed by atoms with Crippen molar-refractivity contribution in [1.82, 2.24) is 4.37 Å². The Morgan fingerprint density at radius 1 is 0.927 bits per heavy atom. The van der Waals surface area contributed by atoms with Gasteiger partial charge in [-0.05, 0) is 91.0 Å². The topological polar surface area (TPSA) is 85.7 Å². The van der Waals surface area contributed by atoms with Crippen molar-refractivity contribution >= 4 is 58.3 Å². The van der Waals surface area contributed by atoms with Crippen molar-refractivity contribution in [3.05, 3.63) is 102 Å². The second kappa shape index (κ2) is 10.1. The van der Waals surface area contributed by atoms with E-state index >= 15 is 0 Å². The summed E-state index contributed by atoms with van der Waals surface area (Å²) in [5.41, 5.74) is 3.37. The van der Waals surface area contributed by atoms with Gasteiger partial charge in [-0.15, -0.1) is 0 Å². The van der Waals surface area contributed by atoms with Crippen LogP contribution in [0.1, 0.15) is 79.8 Å². The van der Waals surface area contributed by atoms with Crippen LogP contribution in [0.15, 0.2) is 54.6 Å². The van der Waals surface area contributed by atoms with Gasteiger partial charge in [-0.3, -0.25) is 0 Å². The highest BCUT2D eigenvalue weighted by molar-refractivity contribution is 7.06. The zero-order valence-corrected chi connectivity index (χ0v) is 24.5. The lowest BCUT2D eigenvalue weighted by Gasteiger charge is -2.44. The Morgan fingerprint density at radius 2 is 1.66 bits per heavy atom. The number of halogens is 3. The molecule has 1 aromatic heterocycles. The molecule has 3 aromatic carbocycles. The lowest BCUT2D eigenvalue weighted by Crippen LogP contribution is -2.40. The lowest BCUT2D eigenvalue weighted by atomic mass is 9.65. The van der Waals surface area contributed by atoms with E-state index < -0.39 is 17.5 Å². The van der Waals surface area contributed by atoms with Crippen molar-refractivity contribution in [2.24, 2.45) is 0 Å². The van der Waals surface area contributed by atoms with Gasteiger partial charge in [-0.25, -0.2) is 9.59 Å². The van der Waals surface area contributed by atoms with Gasteiger partial charge >= 0.3 is 11.9 Å². The maximum absolute atomic E-state index is 12.0. The van der Waals surface area contributed by atoms with Gasteiger partial charge in [0.05, 0.1) is 37.5 Å². The zero-order valence-electron chi connectivity index (χ0n) is 21.5. The summed E-state index contributed by atoms with van der Waals surface area (Å²) in [5, 5.41) is 12.9. The monoisotopic (exact) mass is 625 g/mol. The number of ether oxygens (including phenoxy) is 2. The molecule has 0 saturated heterocycles. The number of benzene rings is 3.